The second-order valence-electron chi connectivity index (χ2n) is 9.51. The number of phosphoric ester groups is 1. The molecule has 0 saturated carbocycles. The minimum Gasteiger partial charge on any atom is -0.486 e. The van der Waals surface area contributed by atoms with Gasteiger partial charge in [0.25, 0.3) is 0 Å². The summed E-state index contributed by atoms with van der Waals surface area (Å²) < 4.78 is 45.8. The number of ether oxygens (including phenoxy) is 2. The lowest BCUT2D eigenvalue weighted by Crippen LogP contribution is -2.60. The monoisotopic (exact) mass is 662 g/mol. The van der Waals surface area contributed by atoms with Gasteiger partial charge in [0.2, 0.25) is 11.8 Å². The summed E-state index contributed by atoms with van der Waals surface area (Å²) in [5.41, 5.74) is 4.45. The molecule has 12 N–H and O–H groups in total. The molecule has 23 heteroatoms. The van der Waals surface area contributed by atoms with Gasteiger partial charge in [-0.2, -0.15) is 4.98 Å². The molecule has 244 valence electrons. The van der Waals surface area contributed by atoms with Gasteiger partial charge in [0.05, 0.1) is 25.4 Å². The Morgan fingerprint density at radius 2 is 1.86 bits per heavy atom. The number of phosphoric acid groups is 1. The van der Waals surface area contributed by atoms with Crippen molar-refractivity contribution in [1.82, 2.24) is 14.9 Å². The van der Waals surface area contributed by atoms with E-state index in [1.54, 1.807) is 0 Å². The highest BCUT2D eigenvalue weighted by molar-refractivity contribution is 7.54. The molecule has 1 aromatic rings. The van der Waals surface area contributed by atoms with Crippen LogP contribution in [-0.2, 0) is 32.4 Å². The SMILES string of the molecule is CC(=O)N[C@H]1[C@H]([C@H](O)[C@H](O)CO)OC([C@H](OP(=O)(O)OC[C@H]2O[C@@H](n3ccc(N)nc3=O)[C@H](O)[C@@H]2O)P(=O)(O)O)=C[C@@H]1O. The quantitative estimate of drug-likeness (QED) is 0.0932. The van der Waals surface area contributed by atoms with Gasteiger partial charge in [-0.25, -0.2) is 9.36 Å². The first-order valence-electron chi connectivity index (χ1n) is 12.2. The Balaban J connectivity index is 1.79. The zero-order valence-electron chi connectivity index (χ0n) is 22.1. The van der Waals surface area contributed by atoms with Crippen molar-refractivity contribution < 1.29 is 77.8 Å². The number of hydrogen-bond donors (Lipinski definition) is 11. The maximum absolute atomic E-state index is 12.7. The Kier molecular flexibility index (Phi) is 11.2. The topological polar surface area (TPSA) is 343 Å². The Labute approximate surface area is 241 Å². The molecule has 43 heavy (non-hydrogen) atoms. The summed E-state index contributed by atoms with van der Waals surface area (Å²) in [4.78, 5) is 57.1. The fourth-order valence-corrected chi connectivity index (χ4v) is 6.29. The van der Waals surface area contributed by atoms with Gasteiger partial charge in [0, 0.05) is 13.1 Å². The Hall–Kier alpha value is -2.33. The smallest absolute Gasteiger partial charge is 0.473 e. The number of aromatic nitrogens is 2. The third-order valence-electron chi connectivity index (χ3n) is 6.26. The van der Waals surface area contributed by atoms with Crippen LogP contribution >= 0.6 is 15.4 Å². The number of carbonyl (C=O) groups is 1. The summed E-state index contributed by atoms with van der Waals surface area (Å²) in [7, 11) is -11.2. The van der Waals surface area contributed by atoms with Crippen molar-refractivity contribution in [3.63, 3.8) is 0 Å². The molecule has 1 unspecified atom stereocenters. The van der Waals surface area contributed by atoms with Crippen molar-refractivity contribution in [2.45, 2.75) is 67.8 Å². The van der Waals surface area contributed by atoms with Crippen molar-refractivity contribution in [2.75, 3.05) is 18.9 Å². The summed E-state index contributed by atoms with van der Waals surface area (Å²) >= 11 is 0. The largest absolute Gasteiger partial charge is 0.486 e. The first-order valence-corrected chi connectivity index (χ1v) is 15.4. The molecule has 0 bridgehead atoms. The minimum atomic E-state index is -5.63. The molecule has 11 atom stereocenters. The molecule has 0 aliphatic carbocycles. The Morgan fingerprint density at radius 1 is 1.21 bits per heavy atom. The number of carbonyl (C=O) groups excluding carboxylic acids is 1. The van der Waals surface area contributed by atoms with Gasteiger partial charge in [-0.05, 0) is 12.1 Å². The van der Waals surface area contributed by atoms with E-state index in [0.717, 1.165) is 17.7 Å². The fraction of sp³-hybridized carbons (Fsp3) is 0.650. The molecule has 0 radical (unpaired) electrons. The number of nitrogens with one attached hydrogen (secondary N) is 1. The van der Waals surface area contributed by atoms with Gasteiger partial charge in [-0.15, -0.1) is 0 Å². The number of rotatable bonds is 12. The van der Waals surface area contributed by atoms with E-state index in [0.29, 0.717) is 6.08 Å². The molecular weight excluding hydrogens is 630 g/mol. The summed E-state index contributed by atoms with van der Waals surface area (Å²) in [6.45, 7) is -1.05. The van der Waals surface area contributed by atoms with Gasteiger partial charge in [-0.1, -0.05) is 0 Å². The normalized spacial score (nSPS) is 31.3. The van der Waals surface area contributed by atoms with Crippen LogP contribution < -0.4 is 16.7 Å². The van der Waals surface area contributed by atoms with Crippen molar-refractivity contribution >= 4 is 27.1 Å². The Bertz CT molecular complexity index is 1340. The number of aliphatic hydroxyl groups is 6. The van der Waals surface area contributed by atoms with E-state index in [1.807, 2.05) is 0 Å². The number of nitrogens with zero attached hydrogens (tertiary/aromatic N) is 2. The zero-order chi connectivity index (χ0) is 32.4. The lowest BCUT2D eigenvalue weighted by atomic mass is 9.94. The molecule has 1 amide bonds. The van der Waals surface area contributed by atoms with E-state index >= 15 is 0 Å². The number of nitrogens with two attached hydrogens (primary N) is 1. The molecule has 21 nitrogen and oxygen atoms in total. The molecule has 1 aromatic heterocycles. The first kappa shape index (κ1) is 35.2. The van der Waals surface area contributed by atoms with Crippen molar-refractivity contribution in [3.8, 4) is 0 Å². The summed E-state index contributed by atoms with van der Waals surface area (Å²) in [5, 5.41) is 62.8. The molecule has 0 aromatic carbocycles. The lowest BCUT2D eigenvalue weighted by Gasteiger charge is -2.40. The van der Waals surface area contributed by atoms with E-state index < -0.39 is 107 Å². The molecule has 1 fully saturated rings. The van der Waals surface area contributed by atoms with Crippen LogP contribution in [0.4, 0.5) is 5.82 Å². The standard InChI is InChI=1S/C20H32N4O17P2/c1-7(26)22-13-8(27)4-10(39-17(13)14(29)9(28)5-25)19(42(33,34)35)41-43(36,37)38-6-11-15(30)16(31)18(40-11)24-3-2-12(21)23-20(24)32/h2-4,8-9,11,13-19,25,27-31H,5-6H2,1H3,(H,22,26)(H,36,37)(H2,21,23,32)(H2,33,34,35)/t8-,9+,11+,13+,14+,15+,16+,17+,18+,19+/m0/s1. The Morgan fingerprint density at radius 3 is 2.42 bits per heavy atom. The third-order valence-corrected chi connectivity index (χ3v) is 8.35. The van der Waals surface area contributed by atoms with Crippen molar-refractivity contribution in [1.29, 1.82) is 0 Å². The summed E-state index contributed by atoms with van der Waals surface area (Å²) in [6.07, 6.45) is -12.7. The summed E-state index contributed by atoms with van der Waals surface area (Å²) in [6, 6.07) is -0.340. The van der Waals surface area contributed by atoms with Crippen molar-refractivity contribution in [3.05, 3.63) is 34.6 Å². The highest BCUT2D eigenvalue weighted by Gasteiger charge is 2.50. The van der Waals surface area contributed by atoms with Crippen LogP contribution in [0.25, 0.3) is 0 Å². The van der Waals surface area contributed by atoms with E-state index in [2.05, 4.69) is 14.8 Å². The predicted octanol–water partition coefficient (Wildman–Crippen LogP) is -5.06. The van der Waals surface area contributed by atoms with Crippen LogP contribution in [0.5, 0.6) is 0 Å². The average Bonchev–Trinajstić information content (AvgIpc) is 3.18. The first-order chi connectivity index (χ1) is 19.9. The minimum absolute atomic E-state index is 0.146. The van der Waals surface area contributed by atoms with Gasteiger partial charge in [-0.3, -0.25) is 23.0 Å². The number of anilines is 1. The number of aliphatic hydroxyl groups excluding tert-OH is 6. The van der Waals surface area contributed by atoms with Gasteiger partial charge in [0.15, 0.2) is 6.23 Å². The second kappa shape index (κ2) is 13.8. The second-order valence-corrected chi connectivity index (χ2v) is 12.6. The van der Waals surface area contributed by atoms with Crippen LogP contribution in [0.3, 0.4) is 0 Å². The molecule has 2 aliphatic heterocycles. The van der Waals surface area contributed by atoms with E-state index in [1.165, 1.54) is 6.07 Å². The van der Waals surface area contributed by atoms with Crippen LogP contribution in [0.2, 0.25) is 0 Å². The van der Waals surface area contributed by atoms with E-state index in [-0.39, 0.29) is 5.82 Å². The fourth-order valence-electron chi connectivity index (χ4n) is 4.21. The highest BCUT2D eigenvalue weighted by atomic mass is 31.2. The summed E-state index contributed by atoms with van der Waals surface area (Å²) in [5.74, 6) is -4.69. The zero-order valence-corrected chi connectivity index (χ0v) is 23.9. The third kappa shape index (κ3) is 8.44. The predicted molar refractivity (Wildman–Crippen MR) is 137 cm³/mol. The van der Waals surface area contributed by atoms with Crippen LogP contribution in [0.1, 0.15) is 13.2 Å². The highest BCUT2D eigenvalue weighted by Crippen LogP contribution is 2.56. The van der Waals surface area contributed by atoms with Crippen molar-refractivity contribution in [2.24, 2.45) is 0 Å². The van der Waals surface area contributed by atoms with Crippen LogP contribution in [0.15, 0.2) is 28.9 Å². The molecule has 1 saturated heterocycles. The lowest BCUT2D eigenvalue weighted by molar-refractivity contribution is -0.134. The molecule has 3 heterocycles. The van der Waals surface area contributed by atoms with Gasteiger partial charge in [0.1, 0.15) is 48.2 Å². The molecular formula is C20H32N4O17P2. The number of amides is 1. The van der Waals surface area contributed by atoms with E-state index in [9.17, 15) is 64.0 Å². The maximum Gasteiger partial charge on any atom is 0.473 e. The van der Waals surface area contributed by atoms with Gasteiger partial charge >= 0.3 is 21.1 Å². The number of hydrogen-bond acceptors (Lipinski definition) is 16. The maximum atomic E-state index is 12.7. The number of nitrogen functional groups attached to an aromatic ring is 1. The molecule has 0 spiro atoms. The average molecular weight is 662 g/mol. The van der Waals surface area contributed by atoms with Crippen LogP contribution in [0, 0.1) is 0 Å². The van der Waals surface area contributed by atoms with E-state index in [4.69, 9.17) is 19.7 Å². The molecule has 2 aliphatic rings. The van der Waals surface area contributed by atoms with Gasteiger partial charge < -0.3 is 65.8 Å². The van der Waals surface area contributed by atoms with Crippen LogP contribution in [-0.4, -0.2) is 129 Å². The molecule has 3 rings (SSSR count).